The Labute approximate surface area is 253 Å². The molecule has 1 atom stereocenters. The molecule has 1 N–H and O–H groups in total. The zero-order chi connectivity index (χ0) is 31.6. The van der Waals surface area contributed by atoms with E-state index in [2.05, 4.69) is 14.9 Å². The number of alkyl halides is 3. The van der Waals surface area contributed by atoms with Crippen LogP contribution in [-0.2, 0) is 22.3 Å². The van der Waals surface area contributed by atoms with Crippen molar-refractivity contribution in [1.29, 1.82) is 0 Å². The lowest BCUT2D eigenvalue weighted by Crippen LogP contribution is -2.47. The number of imide groups is 1. The smallest absolute Gasteiger partial charge is 0.378 e. The van der Waals surface area contributed by atoms with Crippen LogP contribution in [0.4, 0.5) is 24.5 Å². The average molecular weight is 623 g/mol. The molecule has 5 rings (SSSR count). The lowest BCUT2D eigenvalue weighted by Gasteiger charge is -2.31. The molecule has 4 aromatic rings. The lowest BCUT2D eigenvalue weighted by atomic mass is 10.1. The van der Waals surface area contributed by atoms with E-state index in [0.717, 1.165) is 39.2 Å². The van der Waals surface area contributed by atoms with Gasteiger partial charge in [0.15, 0.2) is 6.04 Å². The molecule has 0 saturated carbocycles. The van der Waals surface area contributed by atoms with E-state index in [0.29, 0.717) is 5.69 Å². The zero-order valence-electron chi connectivity index (χ0n) is 23.4. The number of aromatic nitrogens is 2. The summed E-state index contributed by atoms with van der Waals surface area (Å²) in [5, 5.41) is 8.24. The van der Waals surface area contributed by atoms with Crippen molar-refractivity contribution in [3.05, 3.63) is 106 Å². The van der Waals surface area contributed by atoms with Crippen molar-refractivity contribution in [1.82, 2.24) is 19.4 Å². The number of amides is 4. The highest BCUT2D eigenvalue weighted by atomic mass is 32.1. The van der Waals surface area contributed by atoms with Crippen LogP contribution >= 0.6 is 11.5 Å². The molecule has 14 heteroatoms. The lowest BCUT2D eigenvalue weighted by molar-refractivity contribution is -0.140. The number of fused-ring (bicyclic) bond motifs is 1. The topological polar surface area (TPSA) is 116 Å². The fraction of sp³-hybridized carbons (Fsp3) is 0.200. The van der Waals surface area contributed by atoms with Crippen molar-refractivity contribution >= 4 is 46.5 Å². The maximum Gasteiger partial charge on any atom is 0.416 e. The molecule has 10 nitrogen and oxygen atoms in total. The number of hydrogen-bond donors (Lipinski definition) is 1. The number of nitrogens with zero attached hydrogens (tertiary/aromatic N) is 5. The van der Waals surface area contributed by atoms with Gasteiger partial charge in [0.1, 0.15) is 12.2 Å². The van der Waals surface area contributed by atoms with Crippen molar-refractivity contribution in [2.75, 3.05) is 30.9 Å². The normalized spacial score (nSPS) is 13.4. The predicted octanol–water partition coefficient (Wildman–Crippen LogP) is 4.63. The molecule has 226 valence electrons. The minimum absolute atomic E-state index is 0.0973. The second kappa shape index (κ2) is 12.2. The van der Waals surface area contributed by atoms with E-state index in [4.69, 9.17) is 0 Å². The van der Waals surface area contributed by atoms with Crippen LogP contribution in [0.2, 0.25) is 0 Å². The second-order valence-corrected chi connectivity index (χ2v) is 10.7. The highest BCUT2D eigenvalue weighted by Crippen LogP contribution is 2.31. The Morgan fingerprint density at radius 3 is 2.07 bits per heavy atom. The number of anilines is 2. The van der Waals surface area contributed by atoms with E-state index in [-0.39, 0.29) is 28.9 Å². The second-order valence-electron chi connectivity index (χ2n) is 10.1. The molecular formula is C30H25F3N6O4S. The molecule has 1 unspecified atom stereocenters. The molecular weight excluding hydrogens is 597 g/mol. The number of nitrogens with one attached hydrogen (secondary N) is 1. The molecule has 0 aliphatic carbocycles. The largest absolute Gasteiger partial charge is 0.416 e. The van der Waals surface area contributed by atoms with Gasteiger partial charge in [-0.25, -0.2) is 0 Å². The monoisotopic (exact) mass is 622 g/mol. The first-order valence-electron chi connectivity index (χ1n) is 13.2. The summed E-state index contributed by atoms with van der Waals surface area (Å²) in [4.78, 5) is 57.6. The molecule has 3 aromatic carbocycles. The van der Waals surface area contributed by atoms with Gasteiger partial charge in [-0.05, 0) is 65.6 Å². The molecule has 4 amide bonds. The third-order valence-electron chi connectivity index (χ3n) is 6.99. The Balaban J connectivity index is 1.49. The van der Waals surface area contributed by atoms with Crippen LogP contribution in [-0.4, -0.2) is 63.7 Å². The number of carbonyl (C=O) groups excluding carboxylic acids is 4. The van der Waals surface area contributed by atoms with Crippen LogP contribution in [0, 0.1) is 0 Å². The number of hydrogen-bond acceptors (Lipinski definition) is 8. The molecule has 1 aromatic heterocycles. The number of benzene rings is 3. The molecule has 1 aliphatic rings. The summed E-state index contributed by atoms with van der Waals surface area (Å²) >= 11 is 0.934. The molecule has 0 fully saturated rings. The van der Waals surface area contributed by atoms with Crippen molar-refractivity contribution in [3.63, 3.8) is 0 Å². The molecule has 0 saturated heterocycles. The van der Waals surface area contributed by atoms with Gasteiger partial charge >= 0.3 is 6.18 Å². The first-order chi connectivity index (χ1) is 20.9. The van der Waals surface area contributed by atoms with Crippen LogP contribution in [0.3, 0.4) is 0 Å². The van der Waals surface area contributed by atoms with Crippen molar-refractivity contribution in [2.45, 2.75) is 18.8 Å². The number of halogens is 3. The van der Waals surface area contributed by atoms with Crippen LogP contribution in [0.25, 0.3) is 0 Å². The molecule has 0 bridgehead atoms. The summed E-state index contributed by atoms with van der Waals surface area (Å²) in [6, 6.07) is 15.7. The van der Waals surface area contributed by atoms with Gasteiger partial charge in [-0.2, -0.15) is 13.2 Å². The molecule has 0 spiro atoms. The molecule has 44 heavy (non-hydrogen) atoms. The average Bonchev–Trinajstić information content (AvgIpc) is 3.60. The first kappa shape index (κ1) is 30.4. The Kier molecular flexibility index (Phi) is 8.45. The standard InChI is InChI=1S/C30H25F3N6O4S/c1-37(2)21-13-11-20(12-14-21)34-27(41)26(24-17-44-36-35-24)38(15-18-7-9-19(10-8-18)30(31,32)33)25(40)16-39-28(42)22-5-3-4-6-23(22)29(39)43/h3-14,17,26H,15-16H2,1-2H3,(H,34,41). The molecule has 2 heterocycles. The van der Waals surface area contributed by atoms with Gasteiger partial charge in [0.25, 0.3) is 17.7 Å². The van der Waals surface area contributed by atoms with Gasteiger partial charge in [0.05, 0.1) is 16.7 Å². The SMILES string of the molecule is CN(C)c1ccc(NC(=O)C(c2csnn2)N(Cc2ccc(C(F)(F)F)cc2)C(=O)CN2C(=O)c3ccccc3C2=O)cc1. The van der Waals surface area contributed by atoms with Crippen molar-refractivity contribution in [3.8, 4) is 0 Å². The minimum Gasteiger partial charge on any atom is -0.378 e. The molecule has 0 radical (unpaired) electrons. The fourth-order valence-electron chi connectivity index (χ4n) is 4.71. The third kappa shape index (κ3) is 6.29. The summed E-state index contributed by atoms with van der Waals surface area (Å²) in [5.41, 5.74) is 1.05. The van der Waals surface area contributed by atoms with E-state index < -0.39 is 48.0 Å². The maximum absolute atomic E-state index is 14.0. The van der Waals surface area contributed by atoms with Gasteiger partial charge in [-0.1, -0.05) is 28.8 Å². The van der Waals surface area contributed by atoms with Crippen LogP contribution in [0.1, 0.15) is 43.6 Å². The van der Waals surface area contributed by atoms with Gasteiger partial charge in [-0.15, -0.1) is 5.10 Å². The Morgan fingerprint density at radius 2 is 1.55 bits per heavy atom. The summed E-state index contributed by atoms with van der Waals surface area (Å²) in [7, 11) is 3.72. The summed E-state index contributed by atoms with van der Waals surface area (Å²) in [5.74, 6) is -2.84. The van der Waals surface area contributed by atoms with E-state index in [9.17, 15) is 32.3 Å². The van der Waals surface area contributed by atoms with E-state index in [1.165, 1.54) is 29.6 Å². The van der Waals surface area contributed by atoms with Gasteiger partial charge in [0.2, 0.25) is 5.91 Å². The van der Waals surface area contributed by atoms with Gasteiger partial charge in [0, 0.05) is 37.4 Å². The van der Waals surface area contributed by atoms with E-state index in [1.807, 2.05) is 19.0 Å². The molecule has 1 aliphatic heterocycles. The Morgan fingerprint density at radius 1 is 0.932 bits per heavy atom. The van der Waals surface area contributed by atoms with Crippen molar-refractivity contribution < 1.29 is 32.3 Å². The maximum atomic E-state index is 14.0. The van der Waals surface area contributed by atoms with Crippen LogP contribution < -0.4 is 10.2 Å². The van der Waals surface area contributed by atoms with Crippen molar-refractivity contribution in [2.24, 2.45) is 0 Å². The van der Waals surface area contributed by atoms with Crippen LogP contribution in [0.15, 0.2) is 78.2 Å². The summed E-state index contributed by atoms with van der Waals surface area (Å²) in [6.07, 6.45) is -4.57. The summed E-state index contributed by atoms with van der Waals surface area (Å²) in [6.45, 7) is -1.05. The highest BCUT2D eigenvalue weighted by Gasteiger charge is 2.40. The first-order valence-corrected chi connectivity index (χ1v) is 14.0. The fourth-order valence-corrected chi connectivity index (χ4v) is 5.18. The third-order valence-corrected chi connectivity index (χ3v) is 7.52. The number of rotatable bonds is 9. The predicted molar refractivity (Wildman–Crippen MR) is 156 cm³/mol. The summed E-state index contributed by atoms with van der Waals surface area (Å²) < 4.78 is 43.5. The quantitative estimate of drug-likeness (QED) is 0.271. The van der Waals surface area contributed by atoms with Gasteiger partial charge < -0.3 is 15.1 Å². The van der Waals surface area contributed by atoms with Crippen LogP contribution in [0.5, 0.6) is 0 Å². The zero-order valence-corrected chi connectivity index (χ0v) is 24.2. The Hall–Kier alpha value is -5.11. The van der Waals surface area contributed by atoms with E-state index in [1.54, 1.807) is 36.4 Å². The number of carbonyl (C=O) groups is 4. The Bertz CT molecular complexity index is 1660. The highest BCUT2D eigenvalue weighted by molar-refractivity contribution is 7.03. The van der Waals surface area contributed by atoms with E-state index >= 15 is 0 Å². The minimum atomic E-state index is -4.57. The van der Waals surface area contributed by atoms with Gasteiger partial charge in [-0.3, -0.25) is 24.1 Å².